The number of nitrogens with one attached hydrogen (secondary N) is 1. The van der Waals surface area contributed by atoms with Crippen LogP contribution < -0.4 is 5.32 Å². The Labute approximate surface area is 131 Å². The fourth-order valence-electron chi connectivity index (χ4n) is 2.77. The minimum atomic E-state index is -0.0896. The zero-order valence-electron chi connectivity index (χ0n) is 13.2. The van der Waals surface area contributed by atoms with Gasteiger partial charge in [-0.15, -0.1) is 0 Å². The number of morpholine rings is 1. The van der Waals surface area contributed by atoms with Crippen molar-refractivity contribution in [1.29, 1.82) is 5.26 Å². The molecule has 1 aromatic carbocycles. The molecule has 0 bridgehead atoms. The summed E-state index contributed by atoms with van der Waals surface area (Å²) in [5.41, 5.74) is 1.15. The summed E-state index contributed by atoms with van der Waals surface area (Å²) in [6.07, 6.45) is 1.47. The number of carbonyl (C=O) groups excluding carboxylic acids is 1. The van der Waals surface area contributed by atoms with Crippen LogP contribution in [0.4, 0.5) is 0 Å². The zero-order chi connectivity index (χ0) is 15.9. The van der Waals surface area contributed by atoms with E-state index in [4.69, 9.17) is 10.00 Å². The lowest BCUT2D eigenvalue weighted by atomic mass is 10.1. The molecule has 1 aromatic rings. The molecule has 2 rings (SSSR count). The van der Waals surface area contributed by atoms with Crippen LogP contribution >= 0.6 is 0 Å². The molecule has 1 heterocycles. The van der Waals surface area contributed by atoms with Crippen LogP contribution in [-0.2, 0) is 4.74 Å². The average Bonchev–Trinajstić information content (AvgIpc) is 2.50. The Bertz CT molecular complexity index is 526. The van der Waals surface area contributed by atoms with Crippen LogP contribution in [0.2, 0.25) is 0 Å². The van der Waals surface area contributed by atoms with Gasteiger partial charge in [-0.2, -0.15) is 5.26 Å². The number of amides is 1. The summed E-state index contributed by atoms with van der Waals surface area (Å²) in [5, 5.41) is 11.7. The van der Waals surface area contributed by atoms with Crippen molar-refractivity contribution in [2.24, 2.45) is 0 Å². The molecule has 2 unspecified atom stereocenters. The van der Waals surface area contributed by atoms with Gasteiger partial charge in [0, 0.05) is 31.7 Å². The molecule has 0 saturated carbocycles. The first-order valence-electron chi connectivity index (χ1n) is 7.74. The van der Waals surface area contributed by atoms with E-state index in [9.17, 15) is 4.79 Å². The van der Waals surface area contributed by atoms with Crippen LogP contribution in [0.25, 0.3) is 0 Å². The van der Waals surface area contributed by atoms with Gasteiger partial charge < -0.3 is 10.1 Å². The van der Waals surface area contributed by atoms with E-state index in [1.807, 2.05) is 6.07 Å². The van der Waals surface area contributed by atoms with Crippen molar-refractivity contribution < 1.29 is 9.53 Å². The maximum absolute atomic E-state index is 12.0. The molecule has 0 aromatic heterocycles. The Hall–Kier alpha value is -1.90. The Morgan fingerprint density at radius 3 is 2.55 bits per heavy atom. The molecule has 1 fully saturated rings. The van der Waals surface area contributed by atoms with Gasteiger partial charge in [-0.3, -0.25) is 9.69 Å². The van der Waals surface area contributed by atoms with E-state index in [2.05, 4.69) is 24.1 Å². The van der Waals surface area contributed by atoms with E-state index in [1.165, 1.54) is 0 Å². The Kier molecular flexibility index (Phi) is 5.93. The third kappa shape index (κ3) is 4.83. The second-order valence-electron chi connectivity index (χ2n) is 5.82. The minimum Gasteiger partial charge on any atom is -0.373 e. The van der Waals surface area contributed by atoms with Gasteiger partial charge in [0.25, 0.3) is 5.91 Å². The third-order valence-corrected chi connectivity index (χ3v) is 3.71. The molecular weight excluding hydrogens is 278 g/mol. The van der Waals surface area contributed by atoms with E-state index in [-0.39, 0.29) is 18.1 Å². The van der Waals surface area contributed by atoms with Crippen LogP contribution in [0.5, 0.6) is 0 Å². The second kappa shape index (κ2) is 7.92. The number of ether oxygens (including phenoxy) is 1. The standard InChI is InChI=1S/C17H23N3O2/c1-13-11-20(12-14(2)22-13)9-3-8-19-17(21)16-6-4-15(10-18)5-7-16/h4-7,13-14H,3,8-9,11-12H2,1-2H3,(H,19,21). The first kappa shape index (κ1) is 16.5. The summed E-state index contributed by atoms with van der Waals surface area (Å²) in [4.78, 5) is 14.4. The zero-order valence-corrected chi connectivity index (χ0v) is 13.2. The SMILES string of the molecule is CC1CN(CCCNC(=O)c2ccc(C#N)cc2)CC(C)O1. The highest BCUT2D eigenvalue weighted by atomic mass is 16.5. The van der Waals surface area contributed by atoms with E-state index in [1.54, 1.807) is 24.3 Å². The van der Waals surface area contributed by atoms with Gasteiger partial charge in [0.2, 0.25) is 0 Å². The average molecular weight is 301 g/mol. The molecule has 5 heteroatoms. The summed E-state index contributed by atoms with van der Waals surface area (Å²) in [6.45, 7) is 7.71. The predicted molar refractivity (Wildman–Crippen MR) is 84.6 cm³/mol. The quantitative estimate of drug-likeness (QED) is 0.842. The molecule has 0 spiro atoms. The van der Waals surface area contributed by atoms with Crippen LogP contribution in [0.3, 0.4) is 0 Å². The lowest BCUT2D eigenvalue weighted by Crippen LogP contribution is -2.46. The van der Waals surface area contributed by atoms with Crippen molar-refractivity contribution in [3.05, 3.63) is 35.4 Å². The van der Waals surface area contributed by atoms with Gasteiger partial charge in [0.15, 0.2) is 0 Å². The molecule has 1 aliphatic heterocycles. The van der Waals surface area contributed by atoms with Crippen molar-refractivity contribution in [3.8, 4) is 6.07 Å². The van der Waals surface area contributed by atoms with Crippen LogP contribution in [0, 0.1) is 11.3 Å². The summed E-state index contributed by atoms with van der Waals surface area (Å²) in [6, 6.07) is 8.72. The lowest BCUT2D eigenvalue weighted by molar-refractivity contribution is -0.0679. The molecule has 2 atom stereocenters. The van der Waals surface area contributed by atoms with Crippen LogP contribution in [0.1, 0.15) is 36.2 Å². The van der Waals surface area contributed by atoms with Crippen molar-refractivity contribution in [2.45, 2.75) is 32.5 Å². The van der Waals surface area contributed by atoms with Crippen molar-refractivity contribution >= 4 is 5.91 Å². The summed E-state index contributed by atoms with van der Waals surface area (Å²) < 4.78 is 5.70. The monoisotopic (exact) mass is 301 g/mol. The molecule has 5 nitrogen and oxygen atoms in total. The molecule has 1 N–H and O–H groups in total. The molecule has 1 amide bonds. The number of benzene rings is 1. The Morgan fingerprint density at radius 1 is 1.32 bits per heavy atom. The second-order valence-corrected chi connectivity index (χ2v) is 5.82. The fraction of sp³-hybridized carbons (Fsp3) is 0.529. The minimum absolute atomic E-state index is 0.0896. The highest BCUT2D eigenvalue weighted by molar-refractivity contribution is 5.94. The third-order valence-electron chi connectivity index (χ3n) is 3.71. The Balaban J connectivity index is 1.69. The number of hydrogen-bond acceptors (Lipinski definition) is 4. The predicted octanol–water partition coefficient (Wildman–Crippen LogP) is 1.79. The van der Waals surface area contributed by atoms with E-state index in [0.29, 0.717) is 17.7 Å². The van der Waals surface area contributed by atoms with Crippen molar-refractivity contribution in [2.75, 3.05) is 26.2 Å². The van der Waals surface area contributed by atoms with Crippen LogP contribution in [-0.4, -0.2) is 49.2 Å². The van der Waals surface area contributed by atoms with Crippen LogP contribution in [0.15, 0.2) is 24.3 Å². The first-order chi connectivity index (χ1) is 10.6. The molecule has 118 valence electrons. The van der Waals surface area contributed by atoms with Crippen molar-refractivity contribution in [1.82, 2.24) is 10.2 Å². The van der Waals surface area contributed by atoms with Gasteiger partial charge in [-0.05, 0) is 44.5 Å². The fourth-order valence-corrected chi connectivity index (χ4v) is 2.77. The first-order valence-corrected chi connectivity index (χ1v) is 7.74. The van der Waals surface area contributed by atoms with Crippen molar-refractivity contribution in [3.63, 3.8) is 0 Å². The molecule has 22 heavy (non-hydrogen) atoms. The normalized spacial score (nSPS) is 22.0. The molecular formula is C17H23N3O2. The number of hydrogen-bond donors (Lipinski definition) is 1. The Morgan fingerprint density at radius 2 is 1.95 bits per heavy atom. The topological polar surface area (TPSA) is 65.4 Å². The number of carbonyl (C=O) groups is 1. The van der Waals surface area contributed by atoms with E-state index in [0.717, 1.165) is 26.1 Å². The van der Waals surface area contributed by atoms with Gasteiger partial charge in [0.05, 0.1) is 23.8 Å². The molecule has 0 aliphatic carbocycles. The number of rotatable bonds is 5. The highest BCUT2D eigenvalue weighted by Gasteiger charge is 2.21. The lowest BCUT2D eigenvalue weighted by Gasteiger charge is -2.35. The summed E-state index contributed by atoms with van der Waals surface area (Å²) in [7, 11) is 0. The van der Waals surface area contributed by atoms with E-state index < -0.39 is 0 Å². The summed E-state index contributed by atoms with van der Waals surface area (Å²) >= 11 is 0. The molecule has 1 aliphatic rings. The number of nitriles is 1. The van der Waals surface area contributed by atoms with Gasteiger partial charge in [-0.1, -0.05) is 0 Å². The molecule has 1 saturated heterocycles. The maximum atomic E-state index is 12.0. The smallest absolute Gasteiger partial charge is 0.251 e. The maximum Gasteiger partial charge on any atom is 0.251 e. The number of nitrogens with zero attached hydrogens (tertiary/aromatic N) is 2. The summed E-state index contributed by atoms with van der Waals surface area (Å²) in [5.74, 6) is -0.0896. The van der Waals surface area contributed by atoms with E-state index >= 15 is 0 Å². The van der Waals surface area contributed by atoms with Gasteiger partial charge in [0.1, 0.15) is 0 Å². The largest absolute Gasteiger partial charge is 0.373 e. The van der Waals surface area contributed by atoms with Gasteiger partial charge in [-0.25, -0.2) is 0 Å². The van der Waals surface area contributed by atoms with Gasteiger partial charge >= 0.3 is 0 Å². The molecule has 0 radical (unpaired) electrons. The highest BCUT2D eigenvalue weighted by Crippen LogP contribution is 2.10.